The Kier molecular flexibility index (Phi) is 8.23. The summed E-state index contributed by atoms with van der Waals surface area (Å²) in [7, 11) is -3.10. The van der Waals surface area contributed by atoms with Crippen LogP contribution in [0.3, 0.4) is 0 Å². The number of hydrogen-bond donors (Lipinski definition) is 3. The molecule has 2 amide bonds. The molecular formula is C15H29N2O5P. The minimum Gasteiger partial charge on any atom is -0.394 e. The van der Waals surface area contributed by atoms with Crippen LogP contribution in [0.1, 0.15) is 39.0 Å². The van der Waals surface area contributed by atoms with Gasteiger partial charge in [0.25, 0.3) is 0 Å². The molecule has 1 heterocycles. The van der Waals surface area contributed by atoms with Crippen LogP contribution in [0.5, 0.6) is 0 Å². The van der Waals surface area contributed by atoms with E-state index in [0.29, 0.717) is 25.9 Å². The Morgan fingerprint density at radius 2 is 2.00 bits per heavy atom. The van der Waals surface area contributed by atoms with Gasteiger partial charge in [0.1, 0.15) is 0 Å². The van der Waals surface area contributed by atoms with Crippen LogP contribution in [0.2, 0.25) is 0 Å². The fraction of sp³-hybridized carbons (Fsp3) is 0.867. The highest BCUT2D eigenvalue weighted by Gasteiger charge is 2.36. The van der Waals surface area contributed by atoms with Crippen molar-refractivity contribution in [2.45, 2.75) is 45.1 Å². The number of nitrogens with zero attached hydrogens (tertiary/aromatic N) is 1. The molecule has 0 radical (unpaired) electrons. The highest BCUT2D eigenvalue weighted by Crippen LogP contribution is 2.41. The number of hydrogen-bond acceptors (Lipinski definition) is 4. The Labute approximate surface area is 137 Å². The zero-order chi connectivity index (χ0) is 17.5. The number of likely N-dealkylation sites (tertiary alicyclic amines) is 1. The quantitative estimate of drug-likeness (QED) is 0.422. The van der Waals surface area contributed by atoms with Crippen LogP contribution in [-0.4, -0.2) is 65.3 Å². The normalized spacial score (nSPS) is 23.6. The van der Waals surface area contributed by atoms with Gasteiger partial charge in [-0.2, -0.15) is 0 Å². The number of carbonyl (C=O) groups excluding carboxylic acids is 2. The van der Waals surface area contributed by atoms with Gasteiger partial charge in [0.05, 0.1) is 12.6 Å². The SMILES string of the molecule is CC(=O)NCCCCCC(=O)N1C[C@H](CP(C)(=O)O)C[C@H]1CO. The van der Waals surface area contributed by atoms with E-state index in [1.165, 1.54) is 13.6 Å². The topological polar surface area (TPSA) is 107 Å². The van der Waals surface area contributed by atoms with Crippen LogP contribution in [0.25, 0.3) is 0 Å². The first-order chi connectivity index (χ1) is 10.7. The lowest BCUT2D eigenvalue weighted by Crippen LogP contribution is -2.37. The molecular weight excluding hydrogens is 319 g/mol. The lowest BCUT2D eigenvalue weighted by Gasteiger charge is -2.23. The van der Waals surface area contributed by atoms with Crippen molar-refractivity contribution in [1.29, 1.82) is 0 Å². The third-order valence-corrected chi connectivity index (χ3v) is 5.26. The van der Waals surface area contributed by atoms with Crippen LogP contribution < -0.4 is 5.32 Å². The van der Waals surface area contributed by atoms with Crippen LogP contribution in [0.15, 0.2) is 0 Å². The Morgan fingerprint density at radius 1 is 1.30 bits per heavy atom. The fourth-order valence-corrected chi connectivity index (χ4v) is 4.31. The molecule has 0 spiro atoms. The molecule has 0 aromatic carbocycles. The molecule has 0 aromatic heterocycles. The molecule has 0 aromatic rings. The van der Waals surface area contributed by atoms with Gasteiger partial charge in [0, 0.05) is 39.3 Å². The van der Waals surface area contributed by atoms with Crippen molar-refractivity contribution in [2.75, 3.05) is 32.5 Å². The maximum Gasteiger partial charge on any atom is 0.222 e. The van der Waals surface area contributed by atoms with E-state index in [9.17, 15) is 24.2 Å². The fourth-order valence-electron chi connectivity index (χ4n) is 3.09. The van der Waals surface area contributed by atoms with Crippen molar-refractivity contribution < 1.29 is 24.2 Å². The number of aliphatic hydroxyl groups excluding tert-OH is 1. The highest BCUT2D eigenvalue weighted by molar-refractivity contribution is 7.57. The number of rotatable bonds is 9. The second-order valence-corrected chi connectivity index (χ2v) is 8.98. The molecule has 3 N–H and O–H groups in total. The van der Waals surface area contributed by atoms with Gasteiger partial charge in [-0.3, -0.25) is 14.2 Å². The summed E-state index contributed by atoms with van der Waals surface area (Å²) >= 11 is 0. The number of aliphatic hydroxyl groups is 1. The first-order valence-electron chi connectivity index (χ1n) is 8.17. The lowest BCUT2D eigenvalue weighted by molar-refractivity contribution is -0.133. The number of nitrogens with one attached hydrogen (secondary N) is 1. The molecule has 3 atom stereocenters. The minimum atomic E-state index is -3.10. The molecule has 7 nitrogen and oxygen atoms in total. The third kappa shape index (κ3) is 7.95. The van der Waals surface area contributed by atoms with Gasteiger partial charge < -0.3 is 20.2 Å². The van der Waals surface area contributed by atoms with E-state index < -0.39 is 7.37 Å². The summed E-state index contributed by atoms with van der Waals surface area (Å²) in [4.78, 5) is 34.1. The average molecular weight is 348 g/mol. The predicted molar refractivity (Wildman–Crippen MR) is 88.5 cm³/mol. The van der Waals surface area contributed by atoms with Gasteiger partial charge in [-0.05, 0) is 25.2 Å². The molecule has 1 aliphatic rings. The molecule has 1 unspecified atom stereocenters. The van der Waals surface area contributed by atoms with Gasteiger partial charge in [0.2, 0.25) is 11.8 Å². The minimum absolute atomic E-state index is 0.00467. The van der Waals surface area contributed by atoms with E-state index in [2.05, 4.69) is 5.32 Å². The first-order valence-corrected chi connectivity index (χ1v) is 10.5. The molecule has 0 aliphatic carbocycles. The zero-order valence-electron chi connectivity index (χ0n) is 14.0. The molecule has 1 rings (SSSR count). The molecule has 8 heteroatoms. The van der Waals surface area contributed by atoms with Crippen LogP contribution >= 0.6 is 7.37 Å². The summed E-state index contributed by atoms with van der Waals surface area (Å²) < 4.78 is 11.5. The van der Waals surface area contributed by atoms with Crippen molar-refractivity contribution in [2.24, 2.45) is 5.92 Å². The monoisotopic (exact) mass is 348 g/mol. The van der Waals surface area contributed by atoms with Crippen molar-refractivity contribution >= 4 is 19.2 Å². The van der Waals surface area contributed by atoms with Crippen molar-refractivity contribution in [1.82, 2.24) is 10.2 Å². The van der Waals surface area contributed by atoms with Gasteiger partial charge >= 0.3 is 0 Å². The zero-order valence-corrected chi connectivity index (χ0v) is 14.9. The number of unbranched alkanes of at least 4 members (excludes halogenated alkanes) is 2. The second-order valence-electron chi connectivity index (χ2n) is 6.51. The Morgan fingerprint density at radius 3 is 2.57 bits per heavy atom. The molecule has 0 saturated carbocycles. The summed E-state index contributed by atoms with van der Waals surface area (Å²) in [6.45, 7) is 3.78. The second kappa shape index (κ2) is 9.40. The molecule has 23 heavy (non-hydrogen) atoms. The number of amides is 2. The van der Waals surface area contributed by atoms with E-state index in [4.69, 9.17) is 0 Å². The molecule has 1 aliphatic heterocycles. The van der Waals surface area contributed by atoms with E-state index in [-0.39, 0.29) is 36.5 Å². The molecule has 0 bridgehead atoms. The molecule has 1 saturated heterocycles. The van der Waals surface area contributed by atoms with E-state index in [0.717, 1.165) is 19.3 Å². The van der Waals surface area contributed by atoms with E-state index in [1.807, 2.05) is 0 Å². The van der Waals surface area contributed by atoms with E-state index >= 15 is 0 Å². The Hall–Kier alpha value is -0.910. The van der Waals surface area contributed by atoms with Gasteiger partial charge in [-0.25, -0.2) is 0 Å². The smallest absolute Gasteiger partial charge is 0.222 e. The summed E-state index contributed by atoms with van der Waals surface area (Å²) in [5.74, 6) is -0.0706. The van der Waals surface area contributed by atoms with E-state index in [1.54, 1.807) is 4.90 Å². The number of carbonyl (C=O) groups is 2. The molecule has 134 valence electrons. The van der Waals surface area contributed by atoms with Crippen LogP contribution in [0, 0.1) is 5.92 Å². The summed E-state index contributed by atoms with van der Waals surface area (Å²) in [6.07, 6.45) is 3.62. The Balaban J connectivity index is 2.33. The van der Waals surface area contributed by atoms with Crippen molar-refractivity contribution in [3.8, 4) is 0 Å². The summed E-state index contributed by atoms with van der Waals surface area (Å²) in [6, 6.07) is -0.238. The van der Waals surface area contributed by atoms with Crippen molar-refractivity contribution in [3.63, 3.8) is 0 Å². The predicted octanol–water partition coefficient (Wildman–Crippen LogP) is 0.792. The van der Waals surface area contributed by atoms with Gasteiger partial charge in [-0.15, -0.1) is 0 Å². The highest BCUT2D eigenvalue weighted by atomic mass is 31.2. The van der Waals surface area contributed by atoms with Gasteiger partial charge in [0.15, 0.2) is 7.37 Å². The van der Waals surface area contributed by atoms with Crippen LogP contribution in [-0.2, 0) is 14.2 Å². The summed E-state index contributed by atoms with van der Waals surface area (Å²) in [5, 5.41) is 12.1. The lowest BCUT2D eigenvalue weighted by atomic mass is 10.1. The van der Waals surface area contributed by atoms with Crippen LogP contribution in [0.4, 0.5) is 0 Å². The maximum atomic E-state index is 12.3. The van der Waals surface area contributed by atoms with Gasteiger partial charge in [-0.1, -0.05) is 6.42 Å². The summed E-state index contributed by atoms with van der Waals surface area (Å²) in [5.41, 5.74) is 0. The first kappa shape index (κ1) is 20.1. The largest absolute Gasteiger partial charge is 0.394 e. The van der Waals surface area contributed by atoms with Crippen molar-refractivity contribution in [3.05, 3.63) is 0 Å². The average Bonchev–Trinajstić information content (AvgIpc) is 2.82. The standard InChI is InChI=1S/C15H29N2O5P/c1-12(19)16-7-5-3-4-6-15(20)17-9-13(8-14(17)10-18)11-23(2,21)22/h13-14,18H,3-11H2,1-2H3,(H,16,19)(H,21,22)/t13-,14+/m1/s1. The maximum absolute atomic E-state index is 12.3. The third-order valence-electron chi connectivity index (χ3n) is 4.07. The Bertz CT molecular complexity index is 451. The molecule has 1 fully saturated rings.